The third-order valence-electron chi connectivity index (χ3n) is 6.40. The van der Waals surface area contributed by atoms with Crippen molar-refractivity contribution < 1.29 is 19.1 Å². The van der Waals surface area contributed by atoms with Crippen LogP contribution >= 0.6 is 0 Å². The number of nitrogens with zero attached hydrogens (tertiary/aromatic N) is 5. The fourth-order valence-corrected chi connectivity index (χ4v) is 4.97. The van der Waals surface area contributed by atoms with Gasteiger partial charge in [-0.2, -0.15) is 4.98 Å². The molecular formula is C23H29N5O4. The van der Waals surface area contributed by atoms with E-state index >= 15 is 0 Å². The van der Waals surface area contributed by atoms with Crippen LogP contribution in [0, 0.1) is 11.3 Å². The standard InChI is InChI=1S/C23H29N5O4/c1-26(2)22(30)23-14-27(11-16-6-5-9-24-10-16)12-17(23)13-28(15-23)21(29)18-7-8-19(31-3)25-20(18)32-4/h5-10,17H,11-15H2,1-4H3/t17-,23-/m0/s1. The van der Waals surface area contributed by atoms with Crippen molar-refractivity contribution in [2.75, 3.05) is 54.5 Å². The van der Waals surface area contributed by atoms with E-state index in [0.717, 1.165) is 18.7 Å². The number of ether oxygens (including phenoxy) is 2. The molecule has 2 aromatic rings. The number of pyridine rings is 2. The van der Waals surface area contributed by atoms with Crippen molar-refractivity contribution in [2.24, 2.45) is 11.3 Å². The fourth-order valence-electron chi connectivity index (χ4n) is 4.97. The lowest BCUT2D eigenvalue weighted by Crippen LogP contribution is -2.47. The second kappa shape index (κ2) is 8.74. The molecule has 0 aromatic carbocycles. The van der Waals surface area contributed by atoms with Crippen molar-refractivity contribution in [1.29, 1.82) is 0 Å². The van der Waals surface area contributed by atoms with Crippen LogP contribution in [0.1, 0.15) is 15.9 Å². The Bertz CT molecular complexity index is 999. The molecular weight excluding hydrogens is 410 g/mol. The lowest BCUT2D eigenvalue weighted by atomic mass is 9.80. The first-order valence-electron chi connectivity index (χ1n) is 10.6. The number of likely N-dealkylation sites (tertiary alicyclic amines) is 2. The predicted molar refractivity (Wildman–Crippen MR) is 117 cm³/mol. The summed E-state index contributed by atoms with van der Waals surface area (Å²) in [5.41, 5.74) is 0.851. The summed E-state index contributed by atoms with van der Waals surface area (Å²) >= 11 is 0. The van der Waals surface area contributed by atoms with Crippen LogP contribution in [0.2, 0.25) is 0 Å². The van der Waals surface area contributed by atoms with E-state index in [-0.39, 0.29) is 23.6 Å². The van der Waals surface area contributed by atoms with Gasteiger partial charge in [0, 0.05) is 71.2 Å². The van der Waals surface area contributed by atoms with Gasteiger partial charge in [-0.05, 0) is 17.7 Å². The summed E-state index contributed by atoms with van der Waals surface area (Å²) in [6, 6.07) is 7.27. The number of hydrogen-bond donors (Lipinski definition) is 0. The van der Waals surface area contributed by atoms with Gasteiger partial charge in [0.05, 0.1) is 19.6 Å². The Hall–Kier alpha value is -3.20. The summed E-state index contributed by atoms with van der Waals surface area (Å²) in [4.78, 5) is 40.9. The minimum absolute atomic E-state index is 0.0511. The molecule has 0 N–H and O–H groups in total. The van der Waals surface area contributed by atoms with Crippen molar-refractivity contribution in [3.05, 3.63) is 47.8 Å². The second-order valence-electron chi connectivity index (χ2n) is 8.68. The molecule has 2 aliphatic heterocycles. The van der Waals surface area contributed by atoms with Crippen LogP contribution < -0.4 is 9.47 Å². The maximum atomic E-state index is 13.4. The third-order valence-corrected chi connectivity index (χ3v) is 6.40. The van der Waals surface area contributed by atoms with Crippen LogP contribution in [0.4, 0.5) is 0 Å². The average Bonchev–Trinajstić information content (AvgIpc) is 3.33. The van der Waals surface area contributed by atoms with E-state index in [1.165, 1.54) is 14.2 Å². The smallest absolute Gasteiger partial charge is 0.259 e. The number of carbonyl (C=O) groups is 2. The van der Waals surface area contributed by atoms with Gasteiger partial charge < -0.3 is 19.3 Å². The van der Waals surface area contributed by atoms with Gasteiger partial charge in [0.25, 0.3) is 5.91 Å². The Morgan fingerprint density at radius 3 is 2.62 bits per heavy atom. The molecule has 170 valence electrons. The SMILES string of the molecule is COc1ccc(C(=O)N2C[C@@H]3CN(Cc4cccnc4)C[C@]3(C(=O)N(C)C)C2)c(OC)n1. The van der Waals surface area contributed by atoms with Crippen molar-refractivity contribution in [3.8, 4) is 11.8 Å². The van der Waals surface area contributed by atoms with Crippen LogP contribution in [-0.2, 0) is 11.3 Å². The van der Waals surface area contributed by atoms with E-state index in [4.69, 9.17) is 9.47 Å². The summed E-state index contributed by atoms with van der Waals surface area (Å²) in [7, 11) is 6.54. The van der Waals surface area contributed by atoms with Gasteiger partial charge in [-0.25, -0.2) is 0 Å². The Morgan fingerprint density at radius 2 is 1.97 bits per heavy atom. The first-order chi connectivity index (χ1) is 15.4. The number of methoxy groups -OCH3 is 2. The van der Waals surface area contributed by atoms with Gasteiger partial charge in [0.1, 0.15) is 5.56 Å². The zero-order chi connectivity index (χ0) is 22.9. The molecule has 0 spiro atoms. The highest BCUT2D eigenvalue weighted by Gasteiger charge is 2.58. The van der Waals surface area contributed by atoms with Crippen LogP contribution in [0.25, 0.3) is 0 Å². The van der Waals surface area contributed by atoms with Crippen molar-refractivity contribution in [1.82, 2.24) is 24.7 Å². The number of amides is 2. The predicted octanol–water partition coefficient (Wildman–Crippen LogP) is 1.16. The quantitative estimate of drug-likeness (QED) is 0.667. The van der Waals surface area contributed by atoms with Gasteiger partial charge in [-0.3, -0.25) is 19.5 Å². The van der Waals surface area contributed by atoms with E-state index in [0.29, 0.717) is 31.1 Å². The molecule has 2 aromatic heterocycles. The normalized spacial score (nSPS) is 22.5. The molecule has 9 nitrogen and oxygen atoms in total. The van der Waals surface area contributed by atoms with E-state index in [1.54, 1.807) is 42.2 Å². The zero-order valence-corrected chi connectivity index (χ0v) is 18.9. The highest BCUT2D eigenvalue weighted by molar-refractivity contribution is 5.97. The molecule has 4 heterocycles. The maximum Gasteiger partial charge on any atom is 0.259 e. The average molecular weight is 440 g/mol. The lowest BCUT2D eigenvalue weighted by molar-refractivity contribution is -0.139. The van der Waals surface area contributed by atoms with E-state index in [9.17, 15) is 9.59 Å². The largest absolute Gasteiger partial charge is 0.481 e. The molecule has 4 rings (SSSR count). The molecule has 9 heteroatoms. The molecule has 0 unspecified atom stereocenters. The van der Waals surface area contributed by atoms with Gasteiger partial charge in [-0.15, -0.1) is 0 Å². The number of rotatable bonds is 6. The van der Waals surface area contributed by atoms with Crippen molar-refractivity contribution in [3.63, 3.8) is 0 Å². The first kappa shape index (κ1) is 22.0. The van der Waals surface area contributed by atoms with E-state index < -0.39 is 5.41 Å². The maximum absolute atomic E-state index is 13.4. The van der Waals surface area contributed by atoms with Gasteiger partial charge in [0.2, 0.25) is 17.7 Å². The highest BCUT2D eigenvalue weighted by Crippen LogP contribution is 2.44. The molecule has 32 heavy (non-hydrogen) atoms. The topological polar surface area (TPSA) is 88.1 Å². The lowest BCUT2D eigenvalue weighted by Gasteiger charge is -2.31. The Labute approximate surface area is 187 Å². The minimum Gasteiger partial charge on any atom is -0.481 e. The van der Waals surface area contributed by atoms with E-state index in [2.05, 4.69) is 14.9 Å². The minimum atomic E-state index is -0.630. The zero-order valence-electron chi connectivity index (χ0n) is 18.9. The van der Waals surface area contributed by atoms with E-state index in [1.807, 2.05) is 18.3 Å². The molecule has 2 atom stereocenters. The molecule has 2 saturated heterocycles. The summed E-state index contributed by atoms with van der Waals surface area (Å²) in [5.74, 6) is 0.525. The highest BCUT2D eigenvalue weighted by atomic mass is 16.5. The number of hydrogen-bond acceptors (Lipinski definition) is 7. The fraction of sp³-hybridized carbons (Fsp3) is 0.478. The third kappa shape index (κ3) is 3.88. The second-order valence-corrected chi connectivity index (χ2v) is 8.68. The Kier molecular flexibility index (Phi) is 6.01. The molecule has 0 radical (unpaired) electrons. The van der Waals surface area contributed by atoms with Gasteiger partial charge >= 0.3 is 0 Å². The summed E-state index contributed by atoms with van der Waals surface area (Å²) < 4.78 is 10.5. The van der Waals surface area contributed by atoms with Crippen molar-refractivity contribution >= 4 is 11.8 Å². The molecule has 0 bridgehead atoms. The summed E-state index contributed by atoms with van der Waals surface area (Å²) in [6.07, 6.45) is 3.61. The van der Waals surface area contributed by atoms with Crippen molar-refractivity contribution in [2.45, 2.75) is 6.54 Å². The Balaban J connectivity index is 1.57. The Morgan fingerprint density at radius 1 is 1.16 bits per heavy atom. The number of fused-ring (bicyclic) bond motifs is 1. The first-order valence-corrected chi connectivity index (χ1v) is 10.6. The molecule has 0 saturated carbocycles. The molecule has 2 fully saturated rings. The van der Waals surface area contributed by atoms with Crippen LogP contribution in [0.3, 0.4) is 0 Å². The molecule has 0 aliphatic carbocycles. The van der Waals surface area contributed by atoms with Gasteiger partial charge in [0.15, 0.2) is 0 Å². The van der Waals surface area contributed by atoms with Crippen LogP contribution in [0.15, 0.2) is 36.7 Å². The van der Waals surface area contributed by atoms with Crippen LogP contribution in [0.5, 0.6) is 11.8 Å². The number of aromatic nitrogens is 2. The summed E-state index contributed by atoms with van der Waals surface area (Å²) in [5, 5.41) is 0. The molecule has 2 aliphatic rings. The number of carbonyl (C=O) groups excluding carboxylic acids is 2. The monoisotopic (exact) mass is 439 g/mol. The molecule has 2 amide bonds. The summed E-state index contributed by atoms with van der Waals surface area (Å²) in [6.45, 7) is 2.96. The van der Waals surface area contributed by atoms with Gasteiger partial charge in [-0.1, -0.05) is 6.07 Å². The van der Waals surface area contributed by atoms with Crippen LogP contribution in [-0.4, -0.2) is 91.0 Å².